The van der Waals surface area contributed by atoms with E-state index < -0.39 is 0 Å². The van der Waals surface area contributed by atoms with Crippen LogP contribution in [0.5, 0.6) is 17.2 Å². The summed E-state index contributed by atoms with van der Waals surface area (Å²) >= 11 is 0. The summed E-state index contributed by atoms with van der Waals surface area (Å²) in [5.74, 6) is 1.32. The summed E-state index contributed by atoms with van der Waals surface area (Å²) < 4.78 is 10.6. The van der Waals surface area contributed by atoms with Crippen molar-refractivity contribution in [3.63, 3.8) is 0 Å². The summed E-state index contributed by atoms with van der Waals surface area (Å²) in [6.07, 6.45) is 0.654. The summed E-state index contributed by atoms with van der Waals surface area (Å²) in [7, 11) is 3.16. The quantitative estimate of drug-likeness (QED) is 0.898. The summed E-state index contributed by atoms with van der Waals surface area (Å²) in [6.45, 7) is 0. The van der Waals surface area contributed by atoms with Crippen molar-refractivity contribution >= 4 is 0 Å². The Morgan fingerprint density at radius 1 is 0.944 bits per heavy atom. The first kappa shape index (κ1) is 12.3. The normalized spacial score (nSPS) is 10.1. The third-order valence-electron chi connectivity index (χ3n) is 2.84. The van der Waals surface area contributed by atoms with Crippen LogP contribution < -0.4 is 9.47 Å². The maximum atomic E-state index is 9.81. The second-order valence-electron chi connectivity index (χ2n) is 3.96. The number of benzene rings is 2. The molecule has 2 rings (SSSR count). The maximum Gasteiger partial charge on any atom is 0.167 e. The molecule has 0 aliphatic rings. The zero-order valence-electron chi connectivity index (χ0n) is 10.5. The minimum Gasteiger partial charge on any atom is -0.504 e. The molecule has 1 N–H and O–H groups in total. The van der Waals surface area contributed by atoms with Crippen molar-refractivity contribution in [3.05, 3.63) is 53.6 Å². The predicted octanol–water partition coefficient (Wildman–Crippen LogP) is 3.00. The second-order valence-corrected chi connectivity index (χ2v) is 3.96. The van der Waals surface area contributed by atoms with Gasteiger partial charge in [0.15, 0.2) is 11.5 Å². The zero-order valence-corrected chi connectivity index (χ0v) is 10.5. The van der Waals surface area contributed by atoms with Crippen molar-refractivity contribution in [2.75, 3.05) is 14.2 Å². The molecule has 2 aromatic carbocycles. The predicted molar refractivity (Wildman–Crippen MR) is 70.5 cm³/mol. The molecule has 3 heteroatoms. The Morgan fingerprint density at radius 2 is 1.67 bits per heavy atom. The molecule has 0 aromatic heterocycles. The van der Waals surface area contributed by atoms with E-state index in [9.17, 15) is 5.11 Å². The van der Waals surface area contributed by atoms with E-state index in [0.717, 1.165) is 11.1 Å². The Morgan fingerprint density at radius 3 is 2.28 bits per heavy atom. The fraction of sp³-hybridized carbons (Fsp3) is 0.200. The van der Waals surface area contributed by atoms with Crippen LogP contribution in [0.1, 0.15) is 11.1 Å². The van der Waals surface area contributed by atoms with Crippen molar-refractivity contribution in [1.82, 2.24) is 0 Å². The van der Waals surface area contributed by atoms with E-state index in [0.29, 0.717) is 17.9 Å². The van der Waals surface area contributed by atoms with Gasteiger partial charge in [-0.1, -0.05) is 30.3 Å². The van der Waals surface area contributed by atoms with Crippen LogP contribution in [-0.4, -0.2) is 19.3 Å². The molecular formula is C15H16O3. The summed E-state index contributed by atoms with van der Waals surface area (Å²) in [4.78, 5) is 0. The lowest BCUT2D eigenvalue weighted by Crippen LogP contribution is -1.98. The SMILES string of the molecule is COc1ccc(O)c(OC)c1Cc1ccccc1. The van der Waals surface area contributed by atoms with Gasteiger partial charge < -0.3 is 14.6 Å². The van der Waals surface area contributed by atoms with Crippen molar-refractivity contribution in [1.29, 1.82) is 0 Å². The number of phenols is 1. The van der Waals surface area contributed by atoms with E-state index in [2.05, 4.69) is 0 Å². The fourth-order valence-corrected chi connectivity index (χ4v) is 1.98. The first-order valence-corrected chi connectivity index (χ1v) is 5.73. The van der Waals surface area contributed by atoms with Gasteiger partial charge >= 0.3 is 0 Å². The first-order valence-electron chi connectivity index (χ1n) is 5.73. The highest BCUT2D eigenvalue weighted by molar-refractivity contribution is 5.54. The van der Waals surface area contributed by atoms with Gasteiger partial charge in [-0.3, -0.25) is 0 Å². The molecule has 0 amide bonds. The molecule has 0 bridgehead atoms. The molecule has 0 spiro atoms. The Labute approximate surface area is 107 Å². The van der Waals surface area contributed by atoms with E-state index in [1.165, 1.54) is 0 Å². The van der Waals surface area contributed by atoms with Crippen molar-refractivity contribution < 1.29 is 14.6 Å². The molecule has 94 valence electrons. The van der Waals surface area contributed by atoms with Crippen LogP contribution in [-0.2, 0) is 6.42 Å². The molecule has 18 heavy (non-hydrogen) atoms. The Bertz CT molecular complexity index is 521. The number of ether oxygens (including phenoxy) is 2. The highest BCUT2D eigenvalue weighted by Gasteiger charge is 2.14. The molecule has 0 aliphatic carbocycles. The van der Waals surface area contributed by atoms with Gasteiger partial charge in [-0.05, 0) is 17.7 Å². The lowest BCUT2D eigenvalue weighted by molar-refractivity contribution is 0.358. The molecule has 0 unspecified atom stereocenters. The second kappa shape index (κ2) is 5.45. The van der Waals surface area contributed by atoms with Crippen LogP contribution >= 0.6 is 0 Å². The average molecular weight is 244 g/mol. The third kappa shape index (κ3) is 2.40. The van der Waals surface area contributed by atoms with Gasteiger partial charge in [-0.25, -0.2) is 0 Å². The molecule has 3 nitrogen and oxygen atoms in total. The average Bonchev–Trinajstić information content (AvgIpc) is 2.40. The largest absolute Gasteiger partial charge is 0.504 e. The molecule has 0 atom stereocenters. The minimum absolute atomic E-state index is 0.129. The highest BCUT2D eigenvalue weighted by atomic mass is 16.5. The molecule has 0 radical (unpaired) electrons. The van der Waals surface area contributed by atoms with Crippen molar-refractivity contribution in [2.24, 2.45) is 0 Å². The lowest BCUT2D eigenvalue weighted by atomic mass is 10.0. The Kier molecular flexibility index (Phi) is 3.72. The topological polar surface area (TPSA) is 38.7 Å². The summed E-state index contributed by atoms with van der Waals surface area (Å²) in [6, 6.07) is 13.3. The van der Waals surface area contributed by atoms with E-state index >= 15 is 0 Å². The number of aromatic hydroxyl groups is 1. The van der Waals surface area contributed by atoms with Crippen molar-refractivity contribution in [2.45, 2.75) is 6.42 Å². The molecule has 0 heterocycles. The molecule has 0 saturated carbocycles. The van der Waals surface area contributed by atoms with Gasteiger partial charge in [0.25, 0.3) is 0 Å². The van der Waals surface area contributed by atoms with E-state index in [4.69, 9.17) is 9.47 Å². The monoisotopic (exact) mass is 244 g/mol. The number of hydrogen-bond acceptors (Lipinski definition) is 3. The number of methoxy groups -OCH3 is 2. The van der Waals surface area contributed by atoms with Crippen LogP contribution in [0.3, 0.4) is 0 Å². The Balaban J connectivity index is 2.44. The van der Waals surface area contributed by atoms with E-state index in [1.54, 1.807) is 26.4 Å². The molecular weight excluding hydrogens is 228 g/mol. The van der Waals surface area contributed by atoms with Gasteiger partial charge in [0, 0.05) is 12.0 Å². The fourth-order valence-electron chi connectivity index (χ4n) is 1.98. The van der Waals surface area contributed by atoms with Gasteiger partial charge in [-0.2, -0.15) is 0 Å². The van der Waals surface area contributed by atoms with Crippen LogP contribution in [0.2, 0.25) is 0 Å². The molecule has 0 aliphatic heterocycles. The van der Waals surface area contributed by atoms with Gasteiger partial charge in [0.2, 0.25) is 0 Å². The lowest BCUT2D eigenvalue weighted by Gasteiger charge is -2.14. The smallest absolute Gasteiger partial charge is 0.167 e. The highest BCUT2D eigenvalue weighted by Crippen LogP contribution is 2.37. The Hall–Kier alpha value is -2.16. The number of phenolic OH excluding ortho intramolecular Hbond substituents is 1. The number of hydrogen-bond donors (Lipinski definition) is 1. The van der Waals surface area contributed by atoms with E-state index in [1.807, 2.05) is 30.3 Å². The van der Waals surface area contributed by atoms with Crippen LogP contribution in [0.4, 0.5) is 0 Å². The molecule has 0 fully saturated rings. The minimum atomic E-state index is 0.129. The molecule has 2 aromatic rings. The first-order chi connectivity index (χ1) is 8.76. The maximum absolute atomic E-state index is 9.81. The van der Waals surface area contributed by atoms with E-state index in [-0.39, 0.29) is 5.75 Å². The van der Waals surface area contributed by atoms with Gasteiger partial charge in [0.05, 0.1) is 14.2 Å². The van der Waals surface area contributed by atoms with Crippen molar-refractivity contribution in [3.8, 4) is 17.2 Å². The summed E-state index contributed by atoms with van der Waals surface area (Å²) in [5, 5.41) is 9.81. The van der Waals surface area contributed by atoms with Gasteiger partial charge in [-0.15, -0.1) is 0 Å². The van der Waals surface area contributed by atoms with Crippen LogP contribution in [0.25, 0.3) is 0 Å². The zero-order chi connectivity index (χ0) is 13.0. The van der Waals surface area contributed by atoms with Gasteiger partial charge in [0.1, 0.15) is 5.75 Å². The van der Waals surface area contributed by atoms with Crippen LogP contribution in [0.15, 0.2) is 42.5 Å². The third-order valence-corrected chi connectivity index (χ3v) is 2.84. The summed E-state index contributed by atoms with van der Waals surface area (Å²) in [5.41, 5.74) is 1.99. The molecule has 0 saturated heterocycles. The standard InChI is InChI=1S/C15H16O3/c1-17-14-9-8-13(16)15(18-2)12(14)10-11-6-4-3-5-7-11/h3-9,16H,10H2,1-2H3. The van der Waals surface area contributed by atoms with Crippen LogP contribution in [0, 0.1) is 0 Å². The number of rotatable bonds is 4.